The van der Waals surface area contributed by atoms with Gasteiger partial charge < -0.3 is 19.3 Å². The number of halogens is 9. The van der Waals surface area contributed by atoms with Crippen LogP contribution in [0.5, 0.6) is 0 Å². The predicted octanol–water partition coefficient (Wildman–Crippen LogP) is 12.6. The molecule has 65 heavy (non-hydrogen) atoms. The Kier molecular flexibility index (Phi) is 16.2. The minimum Gasteiger partial charge on any atom is -0.444 e. The second kappa shape index (κ2) is 19.9. The molecule has 0 spiro atoms. The first-order valence-electron chi connectivity index (χ1n) is 19.6. The van der Waals surface area contributed by atoms with Crippen LogP contribution in [0.3, 0.4) is 0 Å². The number of benzene rings is 2. The number of aromatic nitrogens is 2. The quantitative estimate of drug-likeness (QED) is 0.171. The zero-order chi connectivity index (χ0) is 48.7. The van der Waals surface area contributed by atoms with Crippen LogP contribution < -0.4 is 0 Å². The molecule has 0 unspecified atom stereocenters. The Hall–Kier alpha value is -3.03. The molecule has 0 bridgehead atoms. The molecule has 358 valence electrons. The average molecular weight is 1150 g/mol. The van der Waals surface area contributed by atoms with Gasteiger partial charge in [0.15, 0.2) is 0 Å². The highest BCUT2D eigenvalue weighted by Crippen LogP contribution is 2.42. The van der Waals surface area contributed by atoms with Crippen molar-refractivity contribution in [2.45, 2.75) is 111 Å². The van der Waals surface area contributed by atoms with Gasteiger partial charge in [0.2, 0.25) is 0 Å². The molecule has 2 aliphatic rings. The predicted molar refractivity (Wildman–Crippen MR) is 242 cm³/mol. The van der Waals surface area contributed by atoms with E-state index in [1.807, 2.05) is 20.8 Å². The first-order chi connectivity index (χ1) is 29.8. The second-order valence-electron chi connectivity index (χ2n) is 17.0. The number of rotatable bonds is 6. The molecule has 0 aliphatic carbocycles. The molecule has 2 saturated heterocycles. The minimum atomic E-state index is -5.53. The monoisotopic (exact) mass is 1140 g/mol. The van der Waals surface area contributed by atoms with E-state index in [-0.39, 0.29) is 54.1 Å². The number of carbonyl (C=O) groups excluding carboxylic acids is 2. The van der Waals surface area contributed by atoms with Gasteiger partial charge in [0.1, 0.15) is 21.2 Å². The fourth-order valence-electron chi connectivity index (χ4n) is 6.54. The lowest BCUT2D eigenvalue weighted by atomic mass is 9.98. The van der Waals surface area contributed by atoms with Crippen LogP contribution in [0.25, 0.3) is 22.5 Å². The Morgan fingerprint density at radius 1 is 0.662 bits per heavy atom. The maximum Gasteiger partial charge on any atom is 0.501 e. The Morgan fingerprint density at radius 3 is 1.48 bits per heavy atom. The normalized spacial score (nSPS) is 16.2. The molecule has 0 saturated carbocycles. The summed E-state index contributed by atoms with van der Waals surface area (Å²) >= 11 is 15.1. The fraction of sp³-hybridized carbons (Fsp3) is 0.500. The average Bonchev–Trinajstić information content (AvgIpc) is 3.83. The highest BCUT2D eigenvalue weighted by Gasteiger charge is 2.48. The van der Waals surface area contributed by atoms with Crippen LogP contribution in [0.4, 0.5) is 35.9 Å². The van der Waals surface area contributed by atoms with Crippen molar-refractivity contribution in [1.29, 1.82) is 0 Å². The molecule has 12 nitrogen and oxygen atoms in total. The topological polar surface area (TPSA) is 153 Å². The van der Waals surface area contributed by atoms with Crippen LogP contribution in [0.15, 0.2) is 60.5 Å². The molecule has 0 radical (unpaired) electrons. The van der Waals surface area contributed by atoms with Gasteiger partial charge in [-0.3, -0.25) is 0 Å². The lowest BCUT2D eigenvalue weighted by Crippen LogP contribution is -2.41. The summed E-state index contributed by atoms with van der Waals surface area (Å²) in [5.74, 6) is 0.100. The van der Waals surface area contributed by atoms with Crippen LogP contribution in [-0.4, -0.2) is 97.2 Å². The van der Waals surface area contributed by atoms with Gasteiger partial charge in [-0.1, -0.05) is 43.5 Å². The third-order valence-corrected chi connectivity index (χ3v) is 15.9. The Balaban J connectivity index is 0.000000244. The van der Waals surface area contributed by atoms with Gasteiger partial charge in [0.25, 0.3) is 19.7 Å². The van der Waals surface area contributed by atoms with E-state index in [0.717, 1.165) is 29.3 Å². The van der Waals surface area contributed by atoms with Crippen LogP contribution >= 0.6 is 66.1 Å². The van der Waals surface area contributed by atoms with E-state index in [0.29, 0.717) is 62.6 Å². The summed E-state index contributed by atoms with van der Waals surface area (Å²) in [6.45, 7) is 12.8. The summed E-state index contributed by atoms with van der Waals surface area (Å²) in [6.07, 6.45) is 1.86. The zero-order valence-electron chi connectivity index (χ0n) is 35.4. The molecule has 6 rings (SSSR count). The van der Waals surface area contributed by atoms with Crippen molar-refractivity contribution in [3.05, 3.63) is 65.1 Å². The van der Waals surface area contributed by atoms with E-state index in [1.54, 1.807) is 36.0 Å². The summed E-state index contributed by atoms with van der Waals surface area (Å²) in [5.41, 5.74) is -10.9. The van der Waals surface area contributed by atoms with Crippen molar-refractivity contribution in [2.75, 3.05) is 26.2 Å². The first-order valence-corrected chi connectivity index (χ1v) is 26.2. The number of hydrogen-bond donors (Lipinski definition) is 0. The minimum absolute atomic E-state index is 0.00506. The van der Waals surface area contributed by atoms with Gasteiger partial charge in [-0.15, -0.1) is 22.7 Å². The lowest BCUT2D eigenvalue weighted by molar-refractivity contribution is -0.0442. The highest BCUT2D eigenvalue weighted by molar-refractivity contribution is 9.10. The molecule has 4 heterocycles. The summed E-state index contributed by atoms with van der Waals surface area (Å²) < 4.78 is 137. The molecular weight excluding hydrogens is 1100 g/mol. The largest absolute Gasteiger partial charge is 0.501 e. The molecule has 25 heteroatoms. The maximum atomic E-state index is 13.0. The molecule has 0 atom stereocenters. The van der Waals surface area contributed by atoms with Gasteiger partial charge >= 0.3 is 23.2 Å². The lowest BCUT2D eigenvalue weighted by Gasteiger charge is -2.32. The van der Waals surface area contributed by atoms with Gasteiger partial charge in [-0.25, -0.2) is 36.4 Å². The summed E-state index contributed by atoms with van der Waals surface area (Å²) in [5, 5.41) is 3.17. The van der Waals surface area contributed by atoms with E-state index >= 15 is 0 Å². The SMILES string of the molecule is CC(C)(C)OC(=O)N1CCC(c2nc(-c3cc(Br)cc(S(=O)(=O)C(F)(F)F)c3)c(Cl)s2)CC1.CC(C)(C)OC(=O)N1CCC(c2nc(-c3cc(Br)cc(S(=O)(=O)C(F)(F)F)c3)cs2)CC1. The molecule has 2 aromatic heterocycles. The van der Waals surface area contributed by atoms with Crippen molar-refractivity contribution in [2.24, 2.45) is 0 Å². The number of sulfone groups is 2. The second-order valence-corrected chi connectivity index (χ2v) is 25.2. The van der Waals surface area contributed by atoms with Crippen LogP contribution in [0.1, 0.15) is 89.1 Å². The molecule has 2 aliphatic heterocycles. The number of thiazole rings is 2. The number of likely N-dealkylation sites (tertiary alicyclic amines) is 2. The van der Waals surface area contributed by atoms with Gasteiger partial charge in [0, 0.05) is 63.5 Å². The third kappa shape index (κ3) is 13.4. The molecule has 2 fully saturated rings. The number of carbonyl (C=O) groups is 2. The molecule has 2 amide bonds. The third-order valence-electron chi connectivity index (χ3n) is 9.66. The van der Waals surface area contributed by atoms with Crippen molar-refractivity contribution in [3.8, 4) is 22.5 Å². The van der Waals surface area contributed by atoms with Gasteiger partial charge in [-0.2, -0.15) is 26.3 Å². The highest BCUT2D eigenvalue weighted by atomic mass is 79.9. The number of nitrogens with zero attached hydrogens (tertiary/aromatic N) is 4. The van der Waals surface area contributed by atoms with E-state index in [1.165, 1.54) is 34.8 Å². The smallest absolute Gasteiger partial charge is 0.444 e. The van der Waals surface area contributed by atoms with Crippen LogP contribution in [-0.2, 0) is 29.1 Å². The zero-order valence-corrected chi connectivity index (χ0v) is 42.6. The summed E-state index contributed by atoms with van der Waals surface area (Å²) in [4.78, 5) is 35.1. The van der Waals surface area contributed by atoms with Crippen molar-refractivity contribution < 1.29 is 62.2 Å². The Morgan fingerprint density at radius 2 is 1.06 bits per heavy atom. The summed E-state index contributed by atoms with van der Waals surface area (Å²) in [6, 6.07) is 6.71. The van der Waals surface area contributed by atoms with E-state index < -0.39 is 51.7 Å². The van der Waals surface area contributed by atoms with Crippen LogP contribution in [0.2, 0.25) is 4.34 Å². The van der Waals surface area contributed by atoms with E-state index in [9.17, 15) is 52.8 Å². The number of hydrogen-bond acceptors (Lipinski definition) is 12. The molecule has 2 aromatic carbocycles. The Bertz CT molecular complexity index is 2620. The number of alkyl halides is 6. The van der Waals surface area contributed by atoms with Crippen molar-refractivity contribution in [3.63, 3.8) is 0 Å². The fourth-order valence-corrected chi connectivity index (χ4v) is 11.9. The molecule has 0 N–H and O–H groups in total. The molecular formula is C40H43Br2ClF6N4O8S4. The maximum absolute atomic E-state index is 13.0. The van der Waals surface area contributed by atoms with Crippen LogP contribution in [0, 0.1) is 0 Å². The standard InChI is InChI=1S/C20H21BrClF3N2O4S2.C20H22BrF3N2O4S2/c1-19(2,3)31-18(28)27-6-4-11(5-7-27)17-26-15(16(22)32-17)12-8-13(21)10-14(9-12)33(29,30)20(23,24)25;1-19(2,3)30-18(27)26-6-4-12(5-7-26)17-25-16(11-31-17)13-8-14(21)10-15(9-13)32(28,29)20(22,23)24/h8-11H,4-7H2,1-3H3;8-12H,4-7H2,1-3H3. The molecule has 4 aromatic rings. The van der Waals surface area contributed by atoms with Gasteiger partial charge in [0.05, 0.1) is 25.5 Å². The number of ether oxygens (including phenoxy) is 2. The van der Waals surface area contributed by atoms with E-state index in [2.05, 4.69) is 41.8 Å². The van der Waals surface area contributed by atoms with E-state index in [4.69, 9.17) is 21.1 Å². The van der Waals surface area contributed by atoms with Crippen molar-refractivity contribution >= 4 is 98.0 Å². The van der Waals surface area contributed by atoms with Crippen molar-refractivity contribution in [1.82, 2.24) is 19.8 Å². The Labute approximate surface area is 402 Å². The summed E-state index contributed by atoms with van der Waals surface area (Å²) in [7, 11) is -11.0. The number of piperidine rings is 2. The number of amides is 2. The van der Waals surface area contributed by atoms with Gasteiger partial charge in [-0.05, 0) is 104 Å². The first kappa shape index (κ1) is 52.9.